The van der Waals surface area contributed by atoms with Crippen molar-refractivity contribution in [1.82, 2.24) is 4.90 Å². The summed E-state index contributed by atoms with van der Waals surface area (Å²) in [5.41, 5.74) is 7.15. The topological polar surface area (TPSA) is 38.5 Å². The number of hydrogen-bond acceptors (Lipinski definition) is 3. The van der Waals surface area contributed by atoms with Gasteiger partial charge in [0.2, 0.25) is 0 Å². The maximum absolute atomic E-state index is 6.84. The summed E-state index contributed by atoms with van der Waals surface area (Å²) < 4.78 is 5.55. The summed E-state index contributed by atoms with van der Waals surface area (Å²) in [6, 6.07) is 0.397. The molecule has 0 spiro atoms. The van der Waals surface area contributed by atoms with Crippen LogP contribution < -0.4 is 5.73 Å². The molecule has 3 fully saturated rings. The van der Waals surface area contributed by atoms with Gasteiger partial charge in [0.15, 0.2) is 0 Å². The first-order chi connectivity index (χ1) is 9.33. The smallest absolute Gasteiger partial charge is 0.0594 e. The molecule has 0 aromatic rings. The van der Waals surface area contributed by atoms with E-state index < -0.39 is 0 Å². The SMILES string of the molecule is NC(C1CCCCC1)C1(N2CCOCC2)CCCC1. The number of ether oxygens (including phenoxy) is 1. The summed E-state index contributed by atoms with van der Waals surface area (Å²) in [6.45, 7) is 4.00. The molecule has 0 amide bonds. The molecule has 1 saturated heterocycles. The molecule has 0 radical (unpaired) electrons. The molecule has 3 nitrogen and oxygen atoms in total. The molecule has 2 saturated carbocycles. The Labute approximate surface area is 117 Å². The highest BCUT2D eigenvalue weighted by Crippen LogP contribution is 2.42. The predicted molar refractivity (Wildman–Crippen MR) is 78.1 cm³/mol. The van der Waals surface area contributed by atoms with Gasteiger partial charge in [0.05, 0.1) is 13.2 Å². The lowest BCUT2D eigenvalue weighted by Gasteiger charge is -2.50. The van der Waals surface area contributed by atoms with Crippen molar-refractivity contribution in [2.75, 3.05) is 26.3 Å². The molecule has 0 aromatic carbocycles. The van der Waals surface area contributed by atoms with Crippen molar-refractivity contribution in [3.8, 4) is 0 Å². The Balaban J connectivity index is 1.74. The predicted octanol–water partition coefficient (Wildman–Crippen LogP) is 2.54. The molecule has 1 atom stereocenters. The zero-order valence-electron chi connectivity index (χ0n) is 12.3. The van der Waals surface area contributed by atoms with Crippen LogP contribution in [0.3, 0.4) is 0 Å². The van der Waals surface area contributed by atoms with Crippen LogP contribution in [-0.2, 0) is 4.74 Å². The Hall–Kier alpha value is -0.120. The largest absolute Gasteiger partial charge is 0.379 e. The fourth-order valence-electron chi connectivity index (χ4n) is 4.79. The highest BCUT2D eigenvalue weighted by molar-refractivity contribution is 5.05. The maximum atomic E-state index is 6.84. The van der Waals surface area contributed by atoms with Crippen LogP contribution in [0.25, 0.3) is 0 Å². The van der Waals surface area contributed by atoms with Crippen molar-refractivity contribution >= 4 is 0 Å². The maximum Gasteiger partial charge on any atom is 0.0594 e. The molecular formula is C16H30N2O. The summed E-state index contributed by atoms with van der Waals surface area (Å²) in [5, 5.41) is 0. The van der Waals surface area contributed by atoms with E-state index in [0.29, 0.717) is 11.6 Å². The molecule has 3 aliphatic rings. The number of hydrogen-bond donors (Lipinski definition) is 1. The van der Waals surface area contributed by atoms with Gasteiger partial charge in [-0.3, -0.25) is 4.90 Å². The van der Waals surface area contributed by atoms with Gasteiger partial charge in [0, 0.05) is 24.7 Å². The molecule has 1 unspecified atom stereocenters. The van der Waals surface area contributed by atoms with Crippen LogP contribution in [0, 0.1) is 5.92 Å². The second kappa shape index (κ2) is 6.11. The van der Waals surface area contributed by atoms with E-state index >= 15 is 0 Å². The molecule has 1 heterocycles. The van der Waals surface area contributed by atoms with Gasteiger partial charge >= 0.3 is 0 Å². The first kappa shape index (κ1) is 13.8. The standard InChI is InChI=1S/C16H30N2O/c17-15(14-6-2-1-3-7-14)16(8-4-5-9-16)18-10-12-19-13-11-18/h14-15H,1-13,17H2. The fourth-order valence-corrected chi connectivity index (χ4v) is 4.79. The Morgan fingerprint density at radius 3 is 2.21 bits per heavy atom. The van der Waals surface area contributed by atoms with Gasteiger partial charge in [-0.2, -0.15) is 0 Å². The minimum Gasteiger partial charge on any atom is -0.379 e. The molecule has 1 aliphatic heterocycles. The molecule has 19 heavy (non-hydrogen) atoms. The summed E-state index contributed by atoms with van der Waals surface area (Å²) in [7, 11) is 0. The Morgan fingerprint density at radius 1 is 0.947 bits per heavy atom. The zero-order valence-corrected chi connectivity index (χ0v) is 12.3. The van der Waals surface area contributed by atoms with Gasteiger partial charge in [-0.15, -0.1) is 0 Å². The Morgan fingerprint density at radius 2 is 1.58 bits per heavy atom. The Kier molecular flexibility index (Phi) is 4.45. The lowest BCUT2D eigenvalue weighted by atomic mass is 9.73. The van der Waals surface area contributed by atoms with Gasteiger partial charge in [0.1, 0.15) is 0 Å². The quantitative estimate of drug-likeness (QED) is 0.853. The average Bonchev–Trinajstić information content (AvgIpc) is 2.99. The van der Waals surface area contributed by atoms with E-state index in [9.17, 15) is 0 Å². The summed E-state index contributed by atoms with van der Waals surface area (Å²) in [6.07, 6.45) is 12.4. The van der Waals surface area contributed by atoms with Crippen LogP contribution in [-0.4, -0.2) is 42.8 Å². The summed E-state index contributed by atoms with van der Waals surface area (Å²) in [5.74, 6) is 0.773. The van der Waals surface area contributed by atoms with Crippen molar-refractivity contribution in [3.63, 3.8) is 0 Å². The highest BCUT2D eigenvalue weighted by Gasteiger charge is 2.47. The first-order valence-corrected chi connectivity index (χ1v) is 8.41. The minimum atomic E-state index is 0.311. The van der Waals surface area contributed by atoms with Gasteiger partial charge in [0.25, 0.3) is 0 Å². The van der Waals surface area contributed by atoms with Crippen molar-refractivity contribution in [1.29, 1.82) is 0 Å². The van der Waals surface area contributed by atoms with Crippen LogP contribution in [0.5, 0.6) is 0 Å². The average molecular weight is 266 g/mol. The van der Waals surface area contributed by atoms with Crippen molar-refractivity contribution < 1.29 is 4.74 Å². The third-order valence-corrected chi connectivity index (χ3v) is 5.89. The van der Waals surface area contributed by atoms with E-state index in [2.05, 4.69) is 4.90 Å². The van der Waals surface area contributed by atoms with Crippen LogP contribution >= 0.6 is 0 Å². The summed E-state index contributed by atoms with van der Waals surface area (Å²) in [4.78, 5) is 2.70. The fraction of sp³-hybridized carbons (Fsp3) is 1.00. The van der Waals surface area contributed by atoms with Crippen molar-refractivity contribution in [2.45, 2.75) is 69.4 Å². The van der Waals surface area contributed by atoms with E-state index in [0.717, 1.165) is 32.2 Å². The zero-order chi connectivity index (χ0) is 13.1. The lowest BCUT2D eigenvalue weighted by Crippen LogP contribution is -2.63. The van der Waals surface area contributed by atoms with E-state index in [4.69, 9.17) is 10.5 Å². The van der Waals surface area contributed by atoms with E-state index in [-0.39, 0.29) is 0 Å². The molecule has 2 aliphatic carbocycles. The molecule has 0 bridgehead atoms. The second-order valence-corrected chi connectivity index (χ2v) is 6.83. The molecule has 3 heteroatoms. The van der Waals surface area contributed by atoms with Gasteiger partial charge in [-0.25, -0.2) is 0 Å². The highest BCUT2D eigenvalue weighted by atomic mass is 16.5. The van der Waals surface area contributed by atoms with Crippen molar-refractivity contribution in [3.05, 3.63) is 0 Å². The molecule has 0 aromatic heterocycles. The molecule has 3 rings (SSSR count). The number of nitrogens with two attached hydrogens (primary N) is 1. The van der Waals surface area contributed by atoms with Crippen LogP contribution in [0.1, 0.15) is 57.8 Å². The molecule has 110 valence electrons. The molecular weight excluding hydrogens is 236 g/mol. The van der Waals surface area contributed by atoms with Crippen LogP contribution in [0.4, 0.5) is 0 Å². The van der Waals surface area contributed by atoms with E-state index in [1.165, 1.54) is 57.8 Å². The third kappa shape index (κ3) is 2.70. The minimum absolute atomic E-state index is 0.311. The summed E-state index contributed by atoms with van der Waals surface area (Å²) >= 11 is 0. The number of morpholine rings is 1. The monoisotopic (exact) mass is 266 g/mol. The van der Waals surface area contributed by atoms with Gasteiger partial charge in [-0.1, -0.05) is 32.1 Å². The first-order valence-electron chi connectivity index (χ1n) is 8.41. The van der Waals surface area contributed by atoms with Gasteiger partial charge in [-0.05, 0) is 31.6 Å². The normalized spacial score (nSPS) is 31.4. The van der Waals surface area contributed by atoms with E-state index in [1.807, 2.05) is 0 Å². The van der Waals surface area contributed by atoms with E-state index in [1.54, 1.807) is 0 Å². The van der Waals surface area contributed by atoms with Crippen LogP contribution in [0.2, 0.25) is 0 Å². The third-order valence-electron chi connectivity index (χ3n) is 5.89. The lowest BCUT2D eigenvalue weighted by molar-refractivity contribution is -0.0406. The number of rotatable bonds is 3. The molecule has 2 N–H and O–H groups in total. The van der Waals surface area contributed by atoms with Crippen molar-refractivity contribution in [2.24, 2.45) is 11.7 Å². The number of nitrogens with zero attached hydrogens (tertiary/aromatic N) is 1. The second-order valence-electron chi connectivity index (χ2n) is 6.83. The van der Waals surface area contributed by atoms with Crippen LogP contribution in [0.15, 0.2) is 0 Å². The Bertz CT molecular complexity index is 276. The van der Waals surface area contributed by atoms with Gasteiger partial charge < -0.3 is 10.5 Å².